The number of thiazole rings is 1. The van der Waals surface area contributed by atoms with Crippen molar-refractivity contribution in [2.45, 2.75) is 23.9 Å². The Bertz CT molecular complexity index is 1150. The highest BCUT2D eigenvalue weighted by Gasteiger charge is 2.26. The molecule has 2 heterocycles. The third-order valence-corrected chi connectivity index (χ3v) is 6.48. The van der Waals surface area contributed by atoms with E-state index in [1.807, 2.05) is 70.6 Å². The number of rotatable bonds is 7. The number of amides is 1. The minimum atomic E-state index is -0.0967. The van der Waals surface area contributed by atoms with Crippen LogP contribution in [0.2, 0.25) is 0 Å². The minimum Gasteiger partial charge on any atom is -0.301 e. The smallest absolute Gasteiger partial charge is 0.236 e. The predicted molar refractivity (Wildman–Crippen MR) is 120 cm³/mol. The molecule has 1 fully saturated rings. The molecule has 0 unspecified atom stereocenters. The minimum absolute atomic E-state index is 0.0967. The summed E-state index contributed by atoms with van der Waals surface area (Å²) < 4.78 is 1.99. The lowest BCUT2D eigenvalue weighted by atomic mass is 10.2. The lowest BCUT2D eigenvalue weighted by Crippen LogP contribution is -2.14. The molecule has 1 aliphatic carbocycles. The molecule has 6 nitrogen and oxygen atoms in total. The van der Waals surface area contributed by atoms with Crippen molar-refractivity contribution in [1.29, 1.82) is 0 Å². The molecule has 2 aromatic heterocycles. The summed E-state index contributed by atoms with van der Waals surface area (Å²) in [5.41, 5.74) is 3.03. The zero-order valence-electron chi connectivity index (χ0n) is 16.1. The Morgan fingerprint density at radius 3 is 2.53 bits per heavy atom. The van der Waals surface area contributed by atoms with Gasteiger partial charge in [0.2, 0.25) is 5.91 Å². The van der Waals surface area contributed by atoms with Crippen LogP contribution in [0, 0.1) is 0 Å². The van der Waals surface area contributed by atoms with Crippen molar-refractivity contribution in [1.82, 2.24) is 19.7 Å². The fourth-order valence-corrected chi connectivity index (χ4v) is 4.70. The number of aromatic nitrogens is 4. The summed E-state index contributed by atoms with van der Waals surface area (Å²) >= 11 is 2.85. The summed E-state index contributed by atoms with van der Waals surface area (Å²) in [6, 6.07) is 19.9. The van der Waals surface area contributed by atoms with Gasteiger partial charge in [-0.05, 0) is 25.0 Å². The number of hydrogen-bond acceptors (Lipinski definition) is 6. The van der Waals surface area contributed by atoms with Gasteiger partial charge in [0.25, 0.3) is 0 Å². The number of hydrogen-bond donors (Lipinski definition) is 1. The Balaban J connectivity index is 1.34. The summed E-state index contributed by atoms with van der Waals surface area (Å²) in [6.45, 7) is 0. The maximum Gasteiger partial charge on any atom is 0.236 e. The van der Waals surface area contributed by atoms with Gasteiger partial charge in [-0.1, -0.05) is 60.3 Å². The van der Waals surface area contributed by atoms with E-state index in [2.05, 4.69) is 20.5 Å². The van der Waals surface area contributed by atoms with E-state index in [1.165, 1.54) is 35.9 Å². The quantitative estimate of drug-likeness (QED) is 0.415. The second-order valence-electron chi connectivity index (χ2n) is 7.03. The Labute approximate surface area is 182 Å². The van der Waals surface area contributed by atoms with Crippen molar-refractivity contribution in [2.24, 2.45) is 0 Å². The summed E-state index contributed by atoms with van der Waals surface area (Å²) in [7, 11) is 0. The van der Waals surface area contributed by atoms with Crippen LogP contribution in [0.15, 0.2) is 71.2 Å². The Kier molecular flexibility index (Phi) is 5.33. The molecule has 1 N–H and O–H groups in total. The van der Waals surface area contributed by atoms with Crippen LogP contribution >= 0.6 is 23.1 Å². The summed E-state index contributed by atoms with van der Waals surface area (Å²) in [5.74, 6) is 1.47. The predicted octanol–water partition coefficient (Wildman–Crippen LogP) is 5.00. The van der Waals surface area contributed by atoms with Crippen LogP contribution in [-0.2, 0) is 4.79 Å². The van der Waals surface area contributed by atoms with Crippen LogP contribution in [0.3, 0.4) is 0 Å². The van der Waals surface area contributed by atoms with Gasteiger partial charge in [-0.15, -0.1) is 21.5 Å². The fourth-order valence-electron chi connectivity index (χ4n) is 3.14. The monoisotopic (exact) mass is 433 g/mol. The van der Waals surface area contributed by atoms with Crippen molar-refractivity contribution in [3.63, 3.8) is 0 Å². The number of benzene rings is 2. The number of para-hydroxylation sites is 1. The molecule has 5 rings (SSSR count). The van der Waals surface area contributed by atoms with E-state index in [0.717, 1.165) is 22.8 Å². The molecule has 0 aliphatic heterocycles. The topological polar surface area (TPSA) is 72.7 Å². The molecule has 4 aromatic rings. The van der Waals surface area contributed by atoms with Crippen LogP contribution in [0.25, 0.3) is 17.1 Å². The number of nitrogens with one attached hydrogen (secondary N) is 1. The first-order valence-electron chi connectivity index (χ1n) is 9.72. The van der Waals surface area contributed by atoms with Gasteiger partial charge >= 0.3 is 0 Å². The zero-order chi connectivity index (χ0) is 20.3. The first-order chi connectivity index (χ1) is 14.8. The summed E-state index contributed by atoms with van der Waals surface area (Å²) in [6.07, 6.45) is 2.40. The van der Waals surface area contributed by atoms with E-state index >= 15 is 0 Å². The van der Waals surface area contributed by atoms with Gasteiger partial charge in [-0.3, -0.25) is 9.36 Å². The highest BCUT2D eigenvalue weighted by atomic mass is 32.2. The third kappa shape index (κ3) is 4.15. The van der Waals surface area contributed by atoms with Crippen molar-refractivity contribution >= 4 is 34.1 Å². The van der Waals surface area contributed by atoms with Crippen LogP contribution in [0.4, 0.5) is 5.13 Å². The molecule has 8 heteroatoms. The SMILES string of the molecule is O=C(CSc1nnc(-c2ccccc2)n1-c1ccccc1)Nc1nc(C2CC2)cs1. The average molecular weight is 434 g/mol. The molecule has 0 spiro atoms. The maximum atomic E-state index is 12.5. The normalized spacial score (nSPS) is 13.3. The van der Waals surface area contributed by atoms with Gasteiger partial charge in [0.1, 0.15) is 0 Å². The van der Waals surface area contributed by atoms with E-state index in [9.17, 15) is 4.79 Å². The molecule has 2 aromatic carbocycles. The number of thioether (sulfide) groups is 1. The first kappa shape index (κ1) is 19.0. The van der Waals surface area contributed by atoms with Crippen molar-refractivity contribution in [3.8, 4) is 17.1 Å². The largest absolute Gasteiger partial charge is 0.301 e. The van der Waals surface area contributed by atoms with Crippen LogP contribution in [-0.4, -0.2) is 31.4 Å². The van der Waals surface area contributed by atoms with E-state index in [4.69, 9.17) is 0 Å². The highest BCUT2D eigenvalue weighted by Crippen LogP contribution is 2.40. The number of carbonyl (C=O) groups is 1. The lowest BCUT2D eigenvalue weighted by Gasteiger charge is -2.10. The lowest BCUT2D eigenvalue weighted by molar-refractivity contribution is -0.113. The van der Waals surface area contributed by atoms with Crippen molar-refractivity contribution in [3.05, 3.63) is 71.7 Å². The second kappa shape index (κ2) is 8.41. The van der Waals surface area contributed by atoms with Gasteiger partial charge < -0.3 is 5.32 Å². The summed E-state index contributed by atoms with van der Waals surface area (Å²) in [5, 5.41) is 15.1. The first-order valence-corrected chi connectivity index (χ1v) is 11.6. The van der Waals surface area contributed by atoms with Gasteiger partial charge in [-0.2, -0.15) is 0 Å². The van der Waals surface area contributed by atoms with E-state index in [1.54, 1.807) is 0 Å². The molecule has 0 bridgehead atoms. The number of carbonyl (C=O) groups excluding carboxylic acids is 1. The Morgan fingerprint density at radius 2 is 1.80 bits per heavy atom. The van der Waals surface area contributed by atoms with Gasteiger partial charge in [0.05, 0.1) is 11.4 Å². The van der Waals surface area contributed by atoms with Crippen LogP contribution in [0.1, 0.15) is 24.5 Å². The molecule has 1 amide bonds. The standard InChI is InChI=1S/C22H19N5OS2/c28-19(24-21-23-18(13-29-21)15-11-12-15)14-30-22-26-25-20(16-7-3-1-4-8-16)27(22)17-9-5-2-6-10-17/h1-10,13,15H,11-12,14H2,(H,23,24,28). The molecule has 0 saturated heterocycles. The van der Waals surface area contributed by atoms with Crippen molar-refractivity contribution in [2.75, 3.05) is 11.1 Å². The van der Waals surface area contributed by atoms with Gasteiger partial charge in [0, 0.05) is 22.5 Å². The zero-order valence-corrected chi connectivity index (χ0v) is 17.7. The van der Waals surface area contributed by atoms with E-state index in [-0.39, 0.29) is 11.7 Å². The van der Waals surface area contributed by atoms with Gasteiger partial charge in [-0.25, -0.2) is 4.98 Å². The maximum absolute atomic E-state index is 12.5. The molecular formula is C22H19N5OS2. The molecule has 150 valence electrons. The van der Waals surface area contributed by atoms with Crippen LogP contribution < -0.4 is 5.32 Å². The van der Waals surface area contributed by atoms with E-state index < -0.39 is 0 Å². The highest BCUT2D eigenvalue weighted by molar-refractivity contribution is 7.99. The molecule has 30 heavy (non-hydrogen) atoms. The fraction of sp³-hybridized carbons (Fsp3) is 0.182. The van der Waals surface area contributed by atoms with Crippen LogP contribution in [0.5, 0.6) is 0 Å². The van der Waals surface area contributed by atoms with Crippen molar-refractivity contribution < 1.29 is 4.79 Å². The average Bonchev–Trinajstić information content (AvgIpc) is 3.38. The number of nitrogens with zero attached hydrogens (tertiary/aromatic N) is 4. The number of anilines is 1. The molecule has 1 aliphatic rings. The van der Waals surface area contributed by atoms with E-state index in [0.29, 0.717) is 16.2 Å². The Morgan fingerprint density at radius 1 is 1.07 bits per heavy atom. The Hall–Kier alpha value is -2.97. The molecule has 0 atom stereocenters. The van der Waals surface area contributed by atoms with Gasteiger partial charge in [0.15, 0.2) is 16.1 Å². The second-order valence-corrected chi connectivity index (χ2v) is 8.83. The molecular weight excluding hydrogens is 414 g/mol. The summed E-state index contributed by atoms with van der Waals surface area (Å²) in [4.78, 5) is 17.0. The molecule has 1 saturated carbocycles. The molecule has 0 radical (unpaired) electrons. The third-order valence-electron chi connectivity index (χ3n) is 4.78.